The molecule has 7 heteroatoms. The van der Waals surface area contributed by atoms with Gasteiger partial charge in [0.15, 0.2) is 0 Å². The molecule has 0 bridgehead atoms. The summed E-state index contributed by atoms with van der Waals surface area (Å²) in [6.45, 7) is 4.66. The van der Waals surface area contributed by atoms with Crippen molar-refractivity contribution in [1.29, 1.82) is 0 Å². The van der Waals surface area contributed by atoms with Gasteiger partial charge in [-0.3, -0.25) is 9.59 Å². The lowest BCUT2D eigenvalue weighted by atomic mass is 10.0. The molecule has 1 fully saturated rings. The molecule has 1 heterocycles. The maximum Gasteiger partial charge on any atom is 0.227 e. The number of amides is 2. The number of nitrogens with zero attached hydrogens (tertiary/aromatic N) is 2. The molecular formula is C18H25F2N3O2. The van der Waals surface area contributed by atoms with Crippen LogP contribution >= 0.6 is 0 Å². The number of rotatable bonds is 6. The molecule has 1 saturated heterocycles. The summed E-state index contributed by atoms with van der Waals surface area (Å²) in [5, 5.41) is 0. The zero-order valence-electron chi connectivity index (χ0n) is 14.8. The lowest BCUT2D eigenvalue weighted by Gasteiger charge is -2.24. The minimum Gasteiger partial charge on any atom is -0.345 e. The average Bonchev–Trinajstić information content (AvgIpc) is 2.93. The molecule has 0 aromatic heterocycles. The second-order valence-electron chi connectivity index (χ2n) is 6.96. The summed E-state index contributed by atoms with van der Waals surface area (Å²) < 4.78 is 26.9. The van der Waals surface area contributed by atoms with Crippen LogP contribution in [0.1, 0.15) is 26.7 Å². The summed E-state index contributed by atoms with van der Waals surface area (Å²) in [6.07, 6.45) is 0.701. The summed E-state index contributed by atoms with van der Waals surface area (Å²) in [7, 11) is 1.68. The van der Waals surface area contributed by atoms with E-state index in [4.69, 9.17) is 5.73 Å². The van der Waals surface area contributed by atoms with E-state index in [9.17, 15) is 18.4 Å². The quantitative estimate of drug-likeness (QED) is 0.852. The maximum atomic E-state index is 13.9. The van der Waals surface area contributed by atoms with Gasteiger partial charge in [-0.05, 0) is 24.5 Å². The fourth-order valence-electron chi connectivity index (χ4n) is 2.90. The van der Waals surface area contributed by atoms with Gasteiger partial charge >= 0.3 is 0 Å². The summed E-state index contributed by atoms with van der Waals surface area (Å²) in [6, 6.07) is 3.06. The maximum absolute atomic E-state index is 13.9. The van der Waals surface area contributed by atoms with Crippen molar-refractivity contribution in [3.63, 3.8) is 0 Å². The Labute approximate surface area is 146 Å². The van der Waals surface area contributed by atoms with Crippen LogP contribution in [-0.4, -0.2) is 42.9 Å². The Bertz CT molecular complexity index is 651. The van der Waals surface area contributed by atoms with Gasteiger partial charge in [0.05, 0.1) is 11.6 Å². The Kier molecular flexibility index (Phi) is 6.11. The van der Waals surface area contributed by atoms with Gasteiger partial charge < -0.3 is 15.5 Å². The zero-order valence-corrected chi connectivity index (χ0v) is 14.8. The molecule has 5 nitrogen and oxygen atoms in total. The normalized spacial score (nSPS) is 18.8. The molecule has 1 aromatic carbocycles. The molecule has 25 heavy (non-hydrogen) atoms. The highest BCUT2D eigenvalue weighted by Gasteiger charge is 2.37. The van der Waals surface area contributed by atoms with Crippen LogP contribution in [0.2, 0.25) is 0 Å². The molecule has 2 rings (SSSR count). The fourth-order valence-corrected chi connectivity index (χ4v) is 2.90. The third kappa shape index (κ3) is 4.54. The standard InChI is InChI=1S/C18H25F2N3O2/c1-11(2)15(21)6-7-22(3)18(25)12-8-17(24)23(10-12)16-5-4-13(19)9-14(16)20/h4-5,9,11-12,15H,6-8,10,21H2,1-3H3. The van der Waals surface area contributed by atoms with Crippen molar-refractivity contribution >= 4 is 17.5 Å². The van der Waals surface area contributed by atoms with Crippen molar-refractivity contribution in [2.75, 3.05) is 25.0 Å². The van der Waals surface area contributed by atoms with Crippen molar-refractivity contribution in [3.05, 3.63) is 29.8 Å². The average molecular weight is 353 g/mol. The van der Waals surface area contributed by atoms with Crippen LogP contribution in [0, 0.1) is 23.5 Å². The first-order chi connectivity index (χ1) is 11.7. The molecule has 0 aliphatic carbocycles. The van der Waals surface area contributed by atoms with Crippen molar-refractivity contribution in [3.8, 4) is 0 Å². The molecule has 1 aliphatic heterocycles. The van der Waals surface area contributed by atoms with Gasteiger partial charge in [-0.15, -0.1) is 0 Å². The Balaban J connectivity index is 2.00. The van der Waals surface area contributed by atoms with E-state index in [0.717, 1.165) is 12.1 Å². The highest BCUT2D eigenvalue weighted by molar-refractivity contribution is 6.00. The first-order valence-corrected chi connectivity index (χ1v) is 8.46. The van der Waals surface area contributed by atoms with Gasteiger partial charge in [0.25, 0.3) is 0 Å². The van der Waals surface area contributed by atoms with E-state index < -0.39 is 17.6 Å². The Morgan fingerprint density at radius 3 is 2.68 bits per heavy atom. The monoisotopic (exact) mass is 353 g/mol. The molecule has 2 atom stereocenters. The summed E-state index contributed by atoms with van der Waals surface area (Å²) in [5.74, 6) is -2.21. The first-order valence-electron chi connectivity index (χ1n) is 8.46. The van der Waals surface area contributed by atoms with E-state index in [2.05, 4.69) is 0 Å². The fraction of sp³-hybridized carbons (Fsp3) is 0.556. The van der Waals surface area contributed by atoms with Crippen LogP contribution in [0.4, 0.5) is 14.5 Å². The second-order valence-corrected chi connectivity index (χ2v) is 6.96. The van der Waals surface area contributed by atoms with Crippen LogP contribution in [-0.2, 0) is 9.59 Å². The predicted octanol–water partition coefficient (Wildman–Crippen LogP) is 2.15. The molecule has 2 amide bonds. The van der Waals surface area contributed by atoms with E-state index in [1.54, 1.807) is 11.9 Å². The summed E-state index contributed by atoms with van der Waals surface area (Å²) in [4.78, 5) is 27.5. The smallest absolute Gasteiger partial charge is 0.227 e. The number of benzene rings is 1. The molecule has 2 N–H and O–H groups in total. The first kappa shape index (κ1) is 19.3. The Morgan fingerprint density at radius 2 is 2.08 bits per heavy atom. The molecule has 0 spiro atoms. The number of hydrogen-bond acceptors (Lipinski definition) is 3. The van der Waals surface area contributed by atoms with E-state index in [-0.39, 0.29) is 36.5 Å². The predicted molar refractivity (Wildman–Crippen MR) is 91.9 cm³/mol. The van der Waals surface area contributed by atoms with Crippen LogP contribution in [0.25, 0.3) is 0 Å². The number of halogens is 2. The van der Waals surface area contributed by atoms with Gasteiger partial charge in [0, 0.05) is 38.7 Å². The van der Waals surface area contributed by atoms with Gasteiger partial charge in [0.1, 0.15) is 11.6 Å². The lowest BCUT2D eigenvalue weighted by molar-refractivity contribution is -0.134. The summed E-state index contributed by atoms with van der Waals surface area (Å²) in [5.41, 5.74) is 6.00. The van der Waals surface area contributed by atoms with Crippen LogP contribution in [0.15, 0.2) is 18.2 Å². The Morgan fingerprint density at radius 1 is 1.40 bits per heavy atom. The summed E-state index contributed by atoms with van der Waals surface area (Å²) >= 11 is 0. The number of carbonyl (C=O) groups is 2. The molecule has 0 saturated carbocycles. The van der Waals surface area contributed by atoms with Crippen LogP contribution in [0.3, 0.4) is 0 Å². The van der Waals surface area contributed by atoms with E-state index in [1.807, 2.05) is 13.8 Å². The van der Waals surface area contributed by atoms with Crippen LogP contribution in [0.5, 0.6) is 0 Å². The van der Waals surface area contributed by atoms with E-state index in [1.165, 1.54) is 11.0 Å². The highest BCUT2D eigenvalue weighted by atomic mass is 19.1. The van der Waals surface area contributed by atoms with E-state index >= 15 is 0 Å². The Hall–Kier alpha value is -2.02. The largest absolute Gasteiger partial charge is 0.345 e. The molecule has 1 aromatic rings. The van der Waals surface area contributed by atoms with E-state index in [0.29, 0.717) is 18.9 Å². The molecule has 2 unspecified atom stereocenters. The van der Waals surface area contributed by atoms with Gasteiger partial charge in [-0.2, -0.15) is 0 Å². The van der Waals surface area contributed by atoms with Gasteiger partial charge in [0.2, 0.25) is 11.8 Å². The lowest BCUT2D eigenvalue weighted by Crippen LogP contribution is -2.38. The highest BCUT2D eigenvalue weighted by Crippen LogP contribution is 2.28. The number of hydrogen-bond donors (Lipinski definition) is 1. The van der Waals surface area contributed by atoms with Crippen molar-refractivity contribution in [2.24, 2.45) is 17.6 Å². The molecular weight excluding hydrogens is 328 g/mol. The minimum absolute atomic E-state index is 0.00488. The van der Waals surface area contributed by atoms with Gasteiger partial charge in [-0.25, -0.2) is 8.78 Å². The third-order valence-electron chi connectivity index (χ3n) is 4.71. The second kappa shape index (κ2) is 7.91. The van der Waals surface area contributed by atoms with Crippen molar-refractivity contribution < 1.29 is 18.4 Å². The van der Waals surface area contributed by atoms with Crippen molar-refractivity contribution in [1.82, 2.24) is 4.90 Å². The molecule has 1 aliphatic rings. The van der Waals surface area contributed by atoms with Crippen LogP contribution < -0.4 is 10.6 Å². The van der Waals surface area contributed by atoms with Crippen molar-refractivity contribution in [2.45, 2.75) is 32.7 Å². The number of anilines is 1. The molecule has 138 valence electrons. The molecule has 0 radical (unpaired) electrons. The zero-order chi connectivity index (χ0) is 18.7. The third-order valence-corrected chi connectivity index (χ3v) is 4.71. The van der Waals surface area contributed by atoms with Gasteiger partial charge in [-0.1, -0.05) is 13.8 Å². The number of carbonyl (C=O) groups excluding carboxylic acids is 2. The number of nitrogens with two attached hydrogens (primary N) is 1. The SMILES string of the molecule is CC(C)C(N)CCN(C)C(=O)C1CC(=O)N(c2ccc(F)cc2F)C1. The minimum atomic E-state index is -0.808. The topological polar surface area (TPSA) is 66.6 Å².